The molecule has 1 amide bonds. The number of carbonyl (C=O) groups excluding carboxylic acids is 1. The first-order valence-corrected chi connectivity index (χ1v) is 10.1. The molecule has 0 saturated carbocycles. The molecule has 2 aromatic carbocycles. The van der Waals surface area contributed by atoms with E-state index in [0.29, 0.717) is 27.4 Å². The molecule has 0 saturated heterocycles. The molecular formula is C19H18Cl2N4OS. The summed E-state index contributed by atoms with van der Waals surface area (Å²) in [5.41, 5.74) is 2.49. The molecule has 0 radical (unpaired) electrons. The topological polar surface area (TPSA) is 59.8 Å². The zero-order valence-corrected chi connectivity index (χ0v) is 17.2. The molecule has 1 N–H and O–H groups in total. The van der Waals surface area contributed by atoms with E-state index in [1.165, 1.54) is 11.8 Å². The first-order valence-electron chi connectivity index (χ1n) is 8.36. The van der Waals surface area contributed by atoms with Crippen molar-refractivity contribution in [3.63, 3.8) is 0 Å². The minimum absolute atomic E-state index is 0.121. The molecule has 0 atom stereocenters. The highest BCUT2D eigenvalue weighted by Gasteiger charge is 2.15. The number of aromatic nitrogens is 3. The van der Waals surface area contributed by atoms with Gasteiger partial charge in [-0.1, -0.05) is 41.0 Å². The van der Waals surface area contributed by atoms with Gasteiger partial charge in [0.05, 0.1) is 5.75 Å². The van der Waals surface area contributed by atoms with Crippen LogP contribution >= 0.6 is 35.0 Å². The highest BCUT2D eigenvalue weighted by atomic mass is 35.5. The second kappa shape index (κ2) is 8.78. The number of hydrogen-bond acceptors (Lipinski definition) is 4. The molecule has 0 bridgehead atoms. The monoisotopic (exact) mass is 420 g/mol. The molecule has 8 heteroatoms. The smallest absolute Gasteiger partial charge is 0.234 e. The summed E-state index contributed by atoms with van der Waals surface area (Å²) in [5, 5.41) is 13.4. The summed E-state index contributed by atoms with van der Waals surface area (Å²) in [7, 11) is 0. The summed E-state index contributed by atoms with van der Waals surface area (Å²) in [6, 6.07) is 12.9. The summed E-state index contributed by atoms with van der Waals surface area (Å²) in [5.74, 6) is 0.858. The number of nitrogens with one attached hydrogen (secondary N) is 1. The Hall–Kier alpha value is -2.02. The summed E-state index contributed by atoms with van der Waals surface area (Å²) < 4.78 is 1.98. The Morgan fingerprint density at radius 3 is 2.59 bits per heavy atom. The van der Waals surface area contributed by atoms with E-state index in [1.54, 1.807) is 6.07 Å². The molecule has 140 valence electrons. The van der Waals surface area contributed by atoms with Crippen molar-refractivity contribution in [1.29, 1.82) is 0 Å². The average Bonchev–Trinajstić information content (AvgIpc) is 3.07. The van der Waals surface area contributed by atoms with Crippen molar-refractivity contribution in [2.75, 3.05) is 11.1 Å². The minimum Gasteiger partial charge on any atom is -0.325 e. The van der Waals surface area contributed by atoms with Crippen molar-refractivity contribution < 1.29 is 4.79 Å². The Morgan fingerprint density at radius 2 is 1.89 bits per heavy atom. The van der Waals surface area contributed by atoms with Gasteiger partial charge < -0.3 is 9.88 Å². The number of anilines is 1. The lowest BCUT2D eigenvalue weighted by Gasteiger charge is -2.10. The van der Waals surface area contributed by atoms with Gasteiger partial charge in [0, 0.05) is 27.8 Å². The maximum atomic E-state index is 12.3. The Labute approximate surface area is 172 Å². The Kier molecular flexibility index (Phi) is 6.42. The van der Waals surface area contributed by atoms with E-state index in [9.17, 15) is 4.79 Å². The van der Waals surface area contributed by atoms with Crippen molar-refractivity contribution >= 4 is 46.6 Å². The number of hydrogen-bond donors (Lipinski definition) is 1. The van der Waals surface area contributed by atoms with E-state index in [2.05, 4.69) is 15.5 Å². The molecule has 1 heterocycles. The van der Waals surface area contributed by atoms with Crippen molar-refractivity contribution in [3.8, 4) is 11.4 Å². The molecule has 1 aromatic heterocycles. The quantitative estimate of drug-likeness (QED) is 0.548. The van der Waals surface area contributed by atoms with Crippen LogP contribution in [0.4, 0.5) is 5.69 Å². The van der Waals surface area contributed by atoms with Gasteiger partial charge in [-0.25, -0.2) is 0 Å². The van der Waals surface area contributed by atoms with Gasteiger partial charge in [0.15, 0.2) is 11.0 Å². The van der Waals surface area contributed by atoms with E-state index < -0.39 is 0 Å². The van der Waals surface area contributed by atoms with Crippen LogP contribution in [0.2, 0.25) is 10.0 Å². The zero-order valence-electron chi connectivity index (χ0n) is 14.9. The highest BCUT2D eigenvalue weighted by Crippen LogP contribution is 2.26. The van der Waals surface area contributed by atoms with E-state index in [-0.39, 0.29) is 11.7 Å². The lowest BCUT2D eigenvalue weighted by molar-refractivity contribution is -0.113. The summed E-state index contributed by atoms with van der Waals surface area (Å²) in [4.78, 5) is 12.3. The van der Waals surface area contributed by atoms with Crippen LogP contribution in [0.1, 0.15) is 12.5 Å². The summed E-state index contributed by atoms with van der Waals surface area (Å²) in [6.07, 6.45) is 0. The van der Waals surface area contributed by atoms with Gasteiger partial charge in [-0.3, -0.25) is 4.79 Å². The van der Waals surface area contributed by atoms with E-state index in [1.807, 2.05) is 54.8 Å². The van der Waals surface area contributed by atoms with Crippen LogP contribution in [0.5, 0.6) is 0 Å². The first kappa shape index (κ1) is 19.7. The number of benzene rings is 2. The molecule has 0 aliphatic heterocycles. The van der Waals surface area contributed by atoms with E-state index >= 15 is 0 Å². The second-order valence-corrected chi connectivity index (χ2v) is 7.59. The predicted molar refractivity (Wildman–Crippen MR) is 112 cm³/mol. The number of amides is 1. The molecular weight excluding hydrogens is 403 g/mol. The van der Waals surface area contributed by atoms with Crippen LogP contribution < -0.4 is 5.32 Å². The SMILES string of the molecule is CCn1c(SCC(=O)Nc2cccc(Cl)c2C)nnc1-c1ccc(Cl)cc1. The Morgan fingerprint density at radius 1 is 1.15 bits per heavy atom. The van der Waals surface area contributed by atoms with Crippen molar-refractivity contribution in [2.24, 2.45) is 0 Å². The number of thioether (sulfide) groups is 1. The van der Waals surface area contributed by atoms with Crippen molar-refractivity contribution in [1.82, 2.24) is 14.8 Å². The van der Waals surface area contributed by atoms with Crippen LogP contribution in [-0.2, 0) is 11.3 Å². The molecule has 0 fully saturated rings. The standard InChI is InChI=1S/C19H18Cl2N4OS/c1-3-25-18(13-7-9-14(20)10-8-13)23-24-19(25)27-11-17(26)22-16-6-4-5-15(21)12(16)2/h4-10H,3,11H2,1-2H3,(H,22,26). The van der Waals surface area contributed by atoms with Crippen molar-refractivity contribution in [3.05, 3.63) is 58.1 Å². The molecule has 27 heavy (non-hydrogen) atoms. The average molecular weight is 421 g/mol. The molecule has 0 aliphatic rings. The van der Waals surface area contributed by atoms with E-state index in [0.717, 1.165) is 17.0 Å². The predicted octanol–water partition coefficient (Wildman–Crippen LogP) is 5.31. The van der Waals surface area contributed by atoms with Gasteiger partial charge in [0.1, 0.15) is 0 Å². The highest BCUT2D eigenvalue weighted by molar-refractivity contribution is 7.99. The molecule has 0 spiro atoms. The molecule has 3 aromatic rings. The minimum atomic E-state index is -0.121. The van der Waals surface area contributed by atoms with Gasteiger partial charge >= 0.3 is 0 Å². The van der Waals surface area contributed by atoms with Gasteiger partial charge in [-0.15, -0.1) is 10.2 Å². The first-order chi connectivity index (χ1) is 13.0. The largest absolute Gasteiger partial charge is 0.325 e. The van der Waals surface area contributed by atoms with Gasteiger partial charge in [0.25, 0.3) is 0 Å². The number of rotatable bonds is 6. The van der Waals surface area contributed by atoms with Crippen molar-refractivity contribution in [2.45, 2.75) is 25.5 Å². The second-order valence-electron chi connectivity index (χ2n) is 5.81. The third kappa shape index (κ3) is 4.64. The maximum absolute atomic E-state index is 12.3. The lowest BCUT2D eigenvalue weighted by Crippen LogP contribution is -2.15. The fraction of sp³-hybridized carbons (Fsp3) is 0.211. The number of halogens is 2. The summed E-state index contributed by atoms with van der Waals surface area (Å²) >= 11 is 13.4. The molecule has 3 rings (SSSR count). The third-order valence-electron chi connectivity index (χ3n) is 4.01. The van der Waals surface area contributed by atoms with Crippen LogP contribution in [0.15, 0.2) is 47.6 Å². The van der Waals surface area contributed by atoms with Crippen LogP contribution in [0, 0.1) is 6.92 Å². The number of carbonyl (C=O) groups is 1. The number of nitrogens with zero attached hydrogens (tertiary/aromatic N) is 3. The zero-order chi connectivity index (χ0) is 19.4. The molecule has 0 unspecified atom stereocenters. The Bertz CT molecular complexity index is 957. The summed E-state index contributed by atoms with van der Waals surface area (Å²) in [6.45, 7) is 4.59. The van der Waals surface area contributed by atoms with Gasteiger partial charge in [-0.2, -0.15) is 0 Å². The van der Waals surface area contributed by atoms with Gasteiger partial charge in [-0.05, 0) is 55.8 Å². The fourth-order valence-corrected chi connectivity index (χ4v) is 3.66. The van der Waals surface area contributed by atoms with Crippen LogP contribution in [0.3, 0.4) is 0 Å². The lowest BCUT2D eigenvalue weighted by atomic mass is 10.2. The van der Waals surface area contributed by atoms with Gasteiger partial charge in [0.2, 0.25) is 5.91 Å². The maximum Gasteiger partial charge on any atom is 0.234 e. The molecule has 5 nitrogen and oxygen atoms in total. The fourth-order valence-electron chi connectivity index (χ4n) is 2.55. The van der Waals surface area contributed by atoms with Crippen LogP contribution in [-0.4, -0.2) is 26.4 Å². The molecule has 0 aliphatic carbocycles. The Balaban J connectivity index is 1.70. The third-order valence-corrected chi connectivity index (χ3v) is 5.64. The van der Waals surface area contributed by atoms with E-state index in [4.69, 9.17) is 23.2 Å². The normalized spacial score (nSPS) is 10.8. The van der Waals surface area contributed by atoms with Crippen LogP contribution in [0.25, 0.3) is 11.4 Å².